The van der Waals surface area contributed by atoms with Crippen LogP contribution in [0.4, 0.5) is 5.69 Å². The van der Waals surface area contributed by atoms with E-state index in [1.165, 1.54) is 30.5 Å². The van der Waals surface area contributed by atoms with E-state index in [0.29, 0.717) is 6.04 Å². The first-order valence-electron chi connectivity index (χ1n) is 6.80. The Morgan fingerprint density at radius 3 is 2.94 bits per heavy atom. The SMILES string of the molecule is CCN1c2c(CCCNC)cccc2CC1C. The van der Waals surface area contributed by atoms with Gasteiger partial charge in [-0.05, 0) is 57.8 Å². The summed E-state index contributed by atoms with van der Waals surface area (Å²) in [5.41, 5.74) is 4.60. The first-order chi connectivity index (χ1) is 8.27. The van der Waals surface area contributed by atoms with Gasteiger partial charge in [-0.2, -0.15) is 0 Å². The van der Waals surface area contributed by atoms with E-state index in [1.54, 1.807) is 5.56 Å². The number of nitrogens with one attached hydrogen (secondary N) is 1. The van der Waals surface area contributed by atoms with Crippen LogP contribution in [0, 0.1) is 0 Å². The highest BCUT2D eigenvalue weighted by molar-refractivity contribution is 5.64. The number of rotatable bonds is 5. The van der Waals surface area contributed by atoms with Gasteiger partial charge >= 0.3 is 0 Å². The molecule has 1 atom stereocenters. The summed E-state index contributed by atoms with van der Waals surface area (Å²) >= 11 is 0. The smallest absolute Gasteiger partial charge is 0.0434 e. The van der Waals surface area contributed by atoms with Crippen molar-refractivity contribution in [1.82, 2.24) is 5.32 Å². The molecular weight excluding hydrogens is 208 g/mol. The fraction of sp³-hybridized carbons (Fsp3) is 0.600. The second kappa shape index (κ2) is 5.54. The number of benzene rings is 1. The van der Waals surface area contributed by atoms with Crippen LogP contribution in [-0.2, 0) is 12.8 Å². The Balaban J connectivity index is 2.21. The summed E-state index contributed by atoms with van der Waals surface area (Å²) in [4.78, 5) is 2.56. The highest BCUT2D eigenvalue weighted by Gasteiger charge is 2.26. The van der Waals surface area contributed by atoms with Crippen LogP contribution in [0.25, 0.3) is 0 Å². The zero-order valence-corrected chi connectivity index (χ0v) is 11.3. The third-order valence-corrected chi connectivity index (χ3v) is 3.75. The van der Waals surface area contributed by atoms with E-state index in [4.69, 9.17) is 0 Å². The molecule has 1 aromatic carbocycles. The Morgan fingerprint density at radius 2 is 2.24 bits per heavy atom. The molecule has 0 fully saturated rings. The highest BCUT2D eigenvalue weighted by Crippen LogP contribution is 2.35. The van der Waals surface area contributed by atoms with Crippen molar-refractivity contribution in [2.75, 3.05) is 25.0 Å². The summed E-state index contributed by atoms with van der Waals surface area (Å²) in [7, 11) is 2.02. The molecule has 0 aliphatic carbocycles. The van der Waals surface area contributed by atoms with E-state index in [9.17, 15) is 0 Å². The van der Waals surface area contributed by atoms with Gasteiger partial charge in [-0.3, -0.25) is 0 Å². The normalized spacial score (nSPS) is 18.5. The Kier molecular flexibility index (Phi) is 4.06. The average Bonchev–Trinajstić information content (AvgIpc) is 2.65. The summed E-state index contributed by atoms with van der Waals surface area (Å²) in [6.07, 6.45) is 3.62. The van der Waals surface area contributed by atoms with Crippen LogP contribution in [0.15, 0.2) is 18.2 Å². The van der Waals surface area contributed by atoms with Gasteiger partial charge in [0.15, 0.2) is 0 Å². The van der Waals surface area contributed by atoms with Crippen molar-refractivity contribution in [1.29, 1.82) is 0 Å². The fourth-order valence-electron chi connectivity index (χ4n) is 2.95. The van der Waals surface area contributed by atoms with Crippen molar-refractivity contribution in [2.24, 2.45) is 0 Å². The topological polar surface area (TPSA) is 15.3 Å². The number of anilines is 1. The number of hydrogen-bond acceptors (Lipinski definition) is 2. The van der Waals surface area contributed by atoms with Gasteiger partial charge in [-0.15, -0.1) is 0 Å². The van der Waals surface area contributed by atoms with E-state index >= 15 is 0 Å². The van der Waals surface area contributed by atoms with Gasteiger partial charge in [-0.25, -0.2) is 0 Å². The Morgan fingerprint density at radius 1 is 1.41 bits per heavy atom. The molecule has 0 aromatic heterocycles. The predicted molar refractivity (Wildman–Crippen MR) is 74.9 cm³/mol. The third-order valence-electron chi connectivity index (χ3n) is 3.75. The van der Waals surface area contributed by atoms with E-state index in [1.807, 2.05) is 7.05 Å². The van der Waals surface area contributed by atoms with Crippen LogP contribution < -0.4 is 10.2 Å². The minimum atomic E-state index is 0.667. The van der Waals surface area contributed by atoms with E-state index < -0.39 is 0 Å². The average molecular weight is 232 g/mol. The largest absolute Gasteiger partial charge is 0.368 e. The van der Waals surface area contributed by atoms with Crippen LogP contribution in [0.5, 0.6) is 0 Å². The predicted octanol–water partition coefficient (Wildman–Crippen LogP) is 2.61. The van der Waals surface area contributed by atoms with Gasteiger partial charge in [0.05, 0.1) is 0 Å². The zero-order valence-electron chi connectivity index (χ0n) is 11.3. The Hall–Kier alpha value is -1.02. The quantitative estimate of drug-likeness (QED) is 0.785. The number of para-hydroxylation sites is 1. The lowest BCUT2D eigenvalue weighted by Crippen LogP contribution is -2.29. The Labute approximate surface area is 105 Å². The van der Waals surface area contributed by atoms with E-state index in [0.717, 1.165) is 13.1 Å². The lowest BCUT2D eigenvalue weighted by molar-refractivity contribution is 0.684. The van der Waals surface area contributed by atoms with Gasteiger partial charge in [0, 0.05) is 18.3 Å². The number of hydrogen-bond donors (Lipinski definition) is 1. The molecule has 94 valence electrons. The molecule has 0 saturated carbocycles. The van der Waals surface area contributed by atoms with Crippen LogP contribution in [-0.4, -0.2) is 26.2 Å². The van der Waals surface area contributed by atoms with Crippen molar-refractivity contribution in [3.05, 3.63) is 29.3 Å². The molecular formula is C15H24N2. The molecule has 2 rings (SSSR count). The second-order valence-electron chi connectivity index (χ2n) is 4.97. The van der Waals surface area contributed by atoms with Crippen LogP contribution in [0.2, 0.25) is 0 Å². The number of fused-ring (bicyclic) bond motifs is 1. The molecule has 1 aliphatic heterocycles. The van der Waals surface area contributed by atoms with Crippen LogP contribution in [0.3, 0.4) is 0 Å². The zero-order chi connectivity index (χ0) is 12.3. The molecule has 2 nitrogen and oxygen atoms in total. The first-order valence-corrected chi connectivity index (χ1v) is 6.80. The molecule has 1 unspecified atom stereocenters. The molecule has 0 radical (unpaired) electrons. The van der Waals surface area contributed by atoms with Crippen molar-refractivity contribution in [3.63, 3.8) is 0 Å². The maximum atomic E-state index is 3.23. The molecule has 0 bridgehead atoms. The van der Waals surface area contributed by atoms with Gasteiger partial charge in [0.1, 0.15) is 0 Å². The summed E-state index contributed by atoms with van der Waals surface area (Å²) in [5, 5.41) is 3.23. The molecule has 17 heavy (non-hydrogen) atoms. The molecule has 1 aliphatic rings. The molecule has 1 N–H and O–H groups in total. The summed E-state index contributed by atoms with van der Waals surface area (Å²) in [6, 6.07) is 7.48. The lowest BCUT2D eigenvalue weighted by atomic mass is 10.0. The van der Waals surface area contributed by atoms with Crippen molar-refractivity contribution in [2.45, 2.75) is 39.2 Å². The fourth-order valence-corrected chi connectivity index (χ4v) is 2.95. The molecule has 0 spiro atoms. The Bertz CT molecular complexity index is 373. The van der Waals surface area contributed by atoms with Crippen LogP contribution in [0.1, 0.15) is 31.4 Å². The van der Waals surface area contributed by atoms with Crippen molar-refractivity contribution in [3.8, 4) is 0 Å². The maximum Gasteiger partial charge on any atom is 0.0434 e. The molecule has 1 aromatic rings. The summed E-state index contributed by atoms with van der Waals surface area (Å²) in [5.74, 6) is 0. The number of aryl methyl sites for hydroxylation is 1. The summed E-state index contributed by atoms with van der Waals surface area (Å²) in [6.45, 7) is 6.82. The maximum absolute atomic E-state index is 3.23. The van der Waals surface area contributed by atoms with E-state index in [2.05, 4.69) is 42.3 Å². The molecule has 0 saturated heterocycles. The lowest BCUT2D eigenvalue weighted by Gasteiger charge is -2.25. The molecule has 2 heteroatoms. The minimum absolute atomic E-state index is 0.667. The molecule has 1 heterocycles. The monoisotopic (exact) mass is 232 g/mol. The summed E-state index contributed by atoms with van der Waals surface area (Å²) < 4.78 is 0. The third kappa shape index (κ3) is 2.47. The van der Waals surface area contributed by atoms with Crippen molar-refractivity contribution >= 4 is 5.69 Å². The molecule has 0 amide bonds. The van der Waals surface area contributed by atoms with Gasteiger partial charge in [0.2, 0.25) is 0 Å². The van der Waals surface area contributed by atoms with Gasteiger partial charge in [-0.1, -0.05) is 18.2 Å². The van der Waals surface area contributed by atoms with Crippen LogP contribution >= 0.6 is 0 Å². The number of likely N-dealkylation sites (N-methyl/N-ethyl adjacent to an activating group) is 1. The van der Waals surface area contributed by atoms with Gasteiger partial charge in [0.25, 0.3) is 0 Å². The second-order valence-corrected chi connectivity index (χ2v) is 4.97. The first kappa shape index (κ1) is 12.4. The highest BCUT2D eigenvalue weighted by atomic mass is 15.2. The number of nitrogens with zero attached hydrogens (tertiary/aromatic N) is 1. The van der Waals surface area contributed by atoms with Gasteiger partial charge < -0.3 is 10.2 Å². The van der Waals surface area contributed by atoms with Crippen molar-refractivity contribution < 1.29 is 0 Å². The van der Waals surface area contributed by atoms with E-state index in [-0.39, 0.29) is 0 Å². The standard InChI is InChI=1S/C15H24N2/c1-4-17-12(2)11-14-8-5-7-13(15(14)17)9-6-10-16-3/h5,7-8,12,16H,4,6,9-11H2,1-3H3. The minimum Gasteiger partial charge on any atom is -0.368 e.